The number of aryl methyl sites for hydroxylation is 2. The van der Waals surface area contributed by atoms with Crippen molar-refractivity contribution in [2.45, 2.75) is 13.8 Å². The van der Waals surface area contributed by atoms with E-state index >= 15 is 0 Å². The number of rotatable bonds is 6. The average molecular weight is 691 g/mol. The summed E-state index contributed by atoms with van der Waals surface area (Å²) in [5.74, 6) is 12.7. The van der Waals surface area contributed by atoms with E-state index in [1.165, 1.54) is 11.1 Å². The third kappa shape index (κ3) is 7.91. The van der Waals surface area contributed by atoms with Crippen LogP contribution in [0.4, 0.5) is 39.8 Å². The van der Waals surface area contributed by atoms with E-state index in [4.69, 9.17) is 6.57 Å². The molecule has 4 heteroatoms. The lowest BCUT2D eigenvalue weighted by molar-refractivity contribution is 1.27. The molecule has 0 aliphatic rings. The Morgan fingerprint density at radius 1 is 0.426 bits per heavy atom. The van der Waals surface area contributed by atoms with Crippen LogP contribution >= 0.6 is 0 Å². The summed E-state index contributed by atoms with van der Waals surface area (Å²) in [7, 11) is 0. The molecule has 0 atom stereocenters. The molecular formula is C50H34N4. The van der Waals surface area contributed by atoms with E-state index in [1.54, 1.807) is 12.1 Å². The van der Waals surface area contributed by atoms with Crippen LogP contribution < -0.4 is 9.80 Å². The topological polar surface area (TPSA) is 34.6 Å². The highest BCUT2D eigenvalue weighted by Crippen LogP contribution is 2.36. The van der Waals surface area contributed by atoms with Crippen LogP contribution in [0.15, 0.2) is 170 Å². The maximum absolute atomic E-state index is 10.1. The number of anilines is 6. The van der Waals surface area contributed by atoms with Crippen LogP contribution in [0.1, 0.15) is 38.9 Å². The number of hydrogen-bond donors (Lipinski definition) is 0. The minimum atomic E-state index is 0.351. The van der Waals surface area contributed by atoms with E-state index in [0.717, 1.165) is 45.3 Å². The Bertz CT molecular complexity index is 2420. The Morgan fingerprint density at radius 2 is 0.796 bits per heavy atom. The van der Waals surface area contributed by atoms with Crippen LogP contribution in [0.25, 0.3) is 4.85 Å². The minimum absolute atomic E-state index is 0.351. The molecule has 7 rings (SSSR count). The maximum Gasteiger partial charge on any atom is 0.203 e. The lowest BCUT2D eigenvalue weighted by Crippen LogP contribution is -2.09. The van der Waals surface area contributed by atoms with E-state index in [0.29, 0.717) is 22.4 Å². The Labute approximate surface area is 317 Å². The smallest absolute Gasteiger partial charge is 0.203 e. The fourth-order valence-corrected chi connectivity index (χ4v) is 6.08. The van der Waals surface area contributed by atoms with Crippen molar-refractivity contribution < 1.29 is 0 Å². The fourth-order valence-electron chi connectivity index (χ4n) is 6.08. The molecule has 0 aromatic heterocycles. The standard InChI is InChI=1S/C50H34N4/c1-37-14-26-46(27-15-37)53(44-10-6-4-7-11-44)48-30-20-39(21-31-48)18-24-41-35-50(52-3)42(34-43(41)36-51)25-19-40-22-32-49(33-23-40)54(45-12-8-5-9-13-45)47-28-16-38(2)17-29-47/h4-17,20-23,26-35H,1-2H3. The quantitative estimate of drug-likeness (QED) is 0.129. The Hall–Kier alpha value is -7.76. The van der Waals surface area contributed by atoms with E-state index in [1.807, 2.05) is 84.9 Å². The van der Waals surface area contributed by atoms with E-state index in [2.05, 4.69) is 131 Å². The highest BCUT2D eigenvalue weighted by Gasteiger charge is 2.14. The SMILES string of the molecule is [C-]#[N+]c1cc(C#Cc2ccc(N(c3ccccc3)c3ccc(C)cc3)cc2)c(C#N)cc1C#Cc1ccc(N(c2ccccc2)c2ccc(C)cc2)cc1. The van der Waals surface area contributed by atoms with Crippen molar-refractivity contribution in [2.24, 2.45) is 0 Å². The molecule has 7 aromatic carbocycles. The molecule has 54 heavy (non-hydrogen) atoms. The predicted octanol–water partition coefficient (Wildman–Crippen LogP) is 12.5. The van der Waals surface area contributed by atoms with Crippen LogP contribution in [-0.2, 0) is 0 Å². The third-order valence-electron chi connectivity index (χ3n) is 8.92. The summed E-state index contributed by atoms with van der Waals surface area (Å²) in [6.07, 6.45) is 0. The molecule has 0 unspecified atom stereocenters. The monoisotopic (exact) mass is 690 g/mol. The second-order valence-electron chi connectivity index (χ2n) is 12.7. The first kappa shape index (κ1) is 34.7. The van der Waals surface area contributed by atoms with E-state index in [-0.39, 0.29) is 0 Å². The maximum atomic E-state index is 10.1. The van der Waals surface area contributed by atoms with Crippen LogP contribution in [0, 0.1) is 55.4 Å². The highest BCUT2D eigenvalue weighted by atomic mass is 15.1. The van der Waals surface area contributed by atoms with Crippen LogP contribution in [-0.4, -0.2) is 0 Å². The zero-order chi connectivity index (χ0) is 37.3. The van der Waals surface area contributed by atoms with Crippen LogP contribution in [0.3, 0.4) is 0 Å². The van der Waals surface area contributed by atoms with Gasteiger partial charge in [0.15, 0.2) is 0 Å². The minimum Gasteiger partial charge on any atom is -0.311 e. The van der Waals surface area contributed by atoms with Crippen molar-refractivity contribution in [3.05, 3.63) is 220 Å². The summed E-state index contributed by atoms with van der Waals surface area (Å²) in [6, 6.07) is 59.0. The molecule has 0 amide bonds. The molecule has 0 heterocycles. The second kappa shape index (κ2) is 16.1. The molecule has 0 aliphatic carbocycles. The molecule has 0 radical (unpaired) electrons. The molecule has 7 aromatic rings. The van der Waals surface area contributed by atoms with Gasteiger partial charge in [-0.1, -0.05) is 95.5 Å². The number of nitriles is 1. The summed E-state index contributed by atoms with van der Waals surface area (Å²) in [4.78, 5) is 8.14. The molecule has 0 spiro atoms. The fraction of sp³-hybridized carbons (Fsp3) is 0.0400. The largest absolute Gasteiger partial charge is 0.311 e. The van der Waals surface area contributed by atoms with E-state index in [9.17, 15) is 5.26 Å². The summed E-state index contributed by atoms with van der Waals surface area (Å²) in [5, 5.41) is 10.1. The van der Waals surface area contributed by atoms with Crippen LogP contribution in [0.2, 0.25) is 0 Å². The van der Waals surface area contributed by atoms with Crippen molar-refractivity contribution in [1.82, 2.24) is 0 Å². The van der Waals surface area contributed by atoms with Gasteiger partial charge in [-0.25, -0.2) is 4.85 Å². The van der Waals surface area contributed by atoms with Crippen molar-refractivity contribution in [3.63, 3.8) is 0 Å². The number of para-hydroxylation sites is 2. The van der Waals surface area contributed by atoms with Gasteiger partial charge in [-0.2, -0.15) is 5.26 Å². The van der Waals surface area contributed by atoms with Gasteiger partial charge in [0.05, 0.1) is 12.1 Å². The van der Waals surface area contributed by atoms with Crippen molar-refractivity contribution in [1.29, 1.82) is 5.26 Å². The zero-order valence-electron chi connectivity index (χ0n) is 30.0. The first-order chi connectivity index (χ1) is 26.5. The van der Waals surface area contributed by atoms with Gasteiger partial charge in [-0.05, 0) is 123 Å². The zero-order valence-corrected chi connectivity index (χ0v) is 30.0. The van der Waals surface area contributed by atoms with Crippen molar-refractivity contribution in [3.8, 4) is 29.8 Å². The molecule has 0 saturated carbocycles. The summed E-state index contributed by atoms with van der Waals surface area (Å²) in [5.41, 5.74) is 11.9. The Balaban J connectivity index is 1.13. The predicted molar refractivity (Wildman–Crippen MR) is 221 cm³/mol. The first-order valence-electron chi connectivity index (χ1n) is 17.5. The second-order valence-corrected chi connectivity index (χ2v) is 12.7. The molecule has 0 N–H and O–H groups in total. The molecule has 0 aliphatic heterocycles. The first-order valence-corrected chi connectivity index (χ1v) is 17.5. The van der Waals surface area contributed by atoms with Gasteiger partial charge in [-0.3, -0.25) is 0 Å². The van der Waals surface area contributed by atoms with Gasteiger partial charge < -0.3 is 9.80 Å². The lowest BCUT2D eigenvalue weighted by atomic mass is 10.0. The molecule has 254 valence electrons. The van der Waals surface area contributed by atoms with E-state index < -0.39 is 0 Å². The van der Waals surface area contributed by atoms with Gasteiger partial charge in [0.2, 0.25) is 5.69 Å². The molecular weight excluding hydrogens is 657 g/mol. The summed E-state index contributed by atoms with van der Waals surface area (Å²) < 4.78 is 0. The summed E-state index contributed by atoms with van der Waals surface area (Å²) in [6.45, 7) is 12.0. The normalized spacial score (nSPS) is 10.1. The van der Waals surface area contributed by atoms with Crippen molar-refractivity contribution in [2.75, 3.05) is 9.80 Å². The number of nitrogens with zero attached hydrogens (tertiary/aromatic N) is 4. The lowest BCUT2D eigenvalue weighted by Gasteiger charge is -2.25. The Kier molecular flexibility index (Phi) is 10.3. The average Bonchev–Trinajstić information content (AvgIpc) is 3.22. The summed E-state index contributed by atoms with van der Waals surface area (Å²) >= 11 is 0. The Morgan fingerprint density at radius 3 is 1.19 bits per heavy atom. The molecule has 4 nitrogen and oxygen atoms in total. The molecule has 0 fully saturated rings. The molecule has 0 saturated heterocycles. The van der Waals surface area contributed by atoms with Crippen LogP contribution in [0.5, 0.6) is 0 Å². The van der Waals surface area contributed by atoms with Crippen molar-refractivity contribution >= 4 is 39.8 Å². The van der Waals surface area contributed by atoms with Gasteiger partial charge in [0, 0.05) is 56.4 Å². The third-order valence-corrected chi connectivity index (χ3v) is 8.92. The highest BCUT2D eigenvalue weighted by molar-refractivity contribution is 5.78. The van der Waals surface area contributed by atoms with Gasteiger partial charge in [0.1, 0.15) is 6.07 Å². The van der Waals surface area contributed by atoms with Gasteiger partial charge >= 0.3 is 0 Å². The van der Waals surface area contributed by atoms with Gasteiger partial charge in [0.25, 0.3) is 0 Å². The molecule has 0 bridgehead atoms. The van der Waals surface area contributed by atoms with Gasteiger partial charge in [-0.15, -0.1) is 0 Å². The number of hydrogen-bond acceptors (Lipinski definition) is 3. The number of benzene rings is 7.